The lowest BCUT2D eigenvalue weighted by Crippen LogP contribution is -2.40. The van der Waals surface area contributed by atoms with Gasteiger partial charge in [-0.2, -0.15) is 0 Å². The van der Waals surface area contributed by atoms with E-state index in [1.54, 1.807) is 42.5 Å². The molecular formula is C20H21ClN2O4. The Morgan fingerprint density at radius 3 is 2.59 bits per heavy atom. The molecular weight excluding hydrogens is 368 g/mol. The molecule has 142 valence electrons. The maximum absolute atomic E-state index is 12.2. The Hall–Kier alpha value is -2.99. The van der Waals surface area contributed by atoms with Crippen LogP contribution >= 0.6 is 11.6 Å². The highest BCUT2D eigenvalue weighted by atomic mass is 35.5. The molecule has 0 spiro atoms. The first-order chi connectivity index (χ1) is 13.0. The number of hydrogen-bond acceptors (Lipinski definition) is 4. The topological polar surface area (TPSA) is 76.7 Å². The van der Waals surface area contributed by atoms with E-state index in [9.17, 15) is 9.59 Å². The zero-order chi connectivity index (χ0) is 19.6. The second kappa shape index (κ2) is 10.2. The van der Waals surface area contributed by atoms with E-state index in [1.165, 1.54) is 13.2 Å². The van der Waals surface area contributed by atoms with Crippen LogP contribution in [-0.2, 0) is 4.79 Å². The number of nitrogens with one attached hydrogen (secondary N) is 2. The predicted octanol–water partition coefficient (Wildman–Crippen LogP) is 3.61. The van der Waals surface area contributed by atoms with Crippen molar-refractivity contribution < 1.29 is 19.1 Å². The first-order valence-corrected chi connectivity index (χ1v) is 8.76. The largest absolute Gasteiger partial charge is 0.493 e. The van der Waals surface area contributed by atoms with Crippen LogP contribution in [0.25, 0.3) is 6.08 Å². The molecule has 2 aromatic carbocycles. The average Bonchev–Trinajstić information content (AvgIpc) is 2.69. The van der Waals surface area contributed by atoms with E-state index in [0.717, 1.165) is 6.42 Å². The van der Waals surface area contributed by atoms with Gasteiger partial charge in [-0.05, 0) is 42.3 Å². The Bertz CT molecular complexity index is 836. The number of halogens is 1. The molecule has 0 atom stereocenters. The standard InChI is InChI=1S/C20H21ClN2O4/c1-3-12-27-17-10-8-15(13-18(17)26-2)20(25)23-22-19(24)11-9-14-6-4-5-7-16(14)21/h4-11,13H,3,12H2,1-2H3,(H,22,24)(H,23,25)/b11-9+. The molecule has 0 aromatic heterocycles. The number of methoxy groups -OCH3 is 1. The summed E-state index contributed by atoms with van der Waals surface area (Å²) in [4.78, 5) is 24.1. The van der Waals surface area contributed by atoms with Gasteiger partial charge in [0.15, 0.2) is 11.5 Å². The molecule has 2 aromatic rings. The lowest BCUT2D eigenvalue weighted by atomic mass is 10.2. The van der Waals surface area contributed by atoms with Gasteiger partial charge in [0.1, 0.15) is 0 Å². The van der Waals surface area contributed by atoms with E-state index in [4.69, 9.17) is 21.1 Å². The second-order valence-corrected chi connectivity index (χ2v) is 5.92. The molecule has 0 fully saturated rings. The molecule has 7 heteroatoms. The van der Waals surface area contributed by atoms with Crippen LogP contribution < -0.4 is 20.3 Å². The molecule has 2 amide bonds. The van der Waals surface area contributed by atoms with Crippen LogP contribution in [0, 0.1) is 0 Å². The first-order valence-electron chi connectivity index (χ1n) is 8.39. The molecule has 0 bridgehead atoms. The van der Waals surface area contributed by atoms with Gasteiger partial charge in [0.2, 0.25) is 0 Å². The van der Waals surface area contributed by atoms with Crippen molar-refractivity contribution in [2.75, 3.05) is 13.7 Å². The summed E-state index contributed by atoms with van der Waals surface area (Å²) < 4.78 is 10.8. The number of rotatable bonds is 7. The van der Waals surface area contributed by atoms with Crippen LogP contribution in [0.4, 0.5) is 0 Å². The Kier molecular flexibility index (Phi) is 7.70. The highest BCUT2D eigenvalue weighted by Crippen LogP contribution is 2.28. The van der Waals surface area contributed by atoms with E-state index in [1.807, 2.05) is 13.0 Å². The lowest BCUT2D eigenvalue weighted by molar-refractivity contribution is -0.117. The summed E-state index contributed by atoms with van der Waals surface area (Å²) >= 11 is 6.01. The summed E-state index contributed by atoms with van der Waals surface area (Å²) in [5.41, 5.74) is 5.69. The third kappa shape index (κ3) is 6.04. The van der Waals surface area contributed by atoms with E-state index < -0.39 is 11.8 Å². The van der Waals surface area contributed by atoms with Crippen molar-refractivity contribution in [1.29, 1.82) is 0 Å². The molecule has 0 heterocycles. The van der Waals surface area contributed by atoms with Gasteiger partial charge in [-0.3, -0.25) is 20.4 Å². The van der Waals surface area contributed by atoms with Gasteiger partial charge in [-0.1, -0.05) is 36.7 Å². The Balaban J connectivity index is 1.95. The number of carbonyl (C=O) groups excluding carboxylic acids is 2. The number of amides is 2. The SMILES string of the molecule is CCCOc1ccc(C(=O)NNC(=O)/C=C/c2ccccc2Cl)cc1OC. The molecule has 2 rings (SSSR count). The van der Waals surface area contributed by atoms with E-state index in [2.05, 4.69) is 10.9 Å². The van der Waals surface area contributed by atoms with Crippen LogP contribution in [0.3, 0.4) is 0 Å². The van der Waals surface area contributed by atoms with Crippen LogP contribution in [0.2, 0.25) is 5.02 Å². The normalized spacial score (nSPS) is 10.5. The molecule has 0 aliphatic heterocycles. The molecule has 0 aliphatic rings. The van der Waals surface area contributed by atoms with Crippen molar-refractivity contribution >= 4 is 29.5 Å². The third-order valence-electron chi connectivity index (χ3n) is 3.51. The fraction of sp³-hybridized carbons (Fsp3) is 0.200. The van der Waals surface area contributed by atoms with Crippen LogP contribution in [0.15, 0.2) is 48.5 Å². The van der Waals surface area contributed by atoms with Gasteiger partial charge in [0, 0.05) is 16.7 Å². The van der Waals surface area contributed by atoms with Crippen LogP contribution in [0.1, 0.15) is 29.3 Å². The number of hydrazine groups is 1. The lowest BCUT2D eigenvalue weighted by Gasteiger charge is -2.12. The second-order valence-electron chi connectivity index (χ2n) is 5.51. The van der Waals surface area contributed by atoms with E-state index >= 15 is 0 Å². The maximum atomic E-state index is 12.2. The fourth-order valence-electron chi connectivity index (χ4n) is 2.15. The third-order valence-corrected chi connectivity index (χ3v) is 3.85. The predicted molar refractivity (Wildman–Crippen MR) is 105 cm³/mol. The Labute approximate surface area is 163 Å². The quantitative estimate of drug-likeness (QED) is 0.561. The van der Waals surface area contributed by atoms with E-state index in [0.29, 0.717) is 34.3 Å². The van der Waals surface area contributed by atoms with Crippen molar-refractivity contribution in [3.8, 4) is 11.5 Å². The van der Waals surface area contributed by atoms with Gasteiger partial charge in [-0.25, -0.2) is 0 Å². The summed E-state index contributed by atoms with van der Waals surface area (Å²) in [7, 11) is 1.50. The van der Waals surface area contributed by atoms with Gasteiger partial charge in [-0.15, -0.1) is 0 Å². The minimum Gasteiger partial charge on any atom is -0.493 e. The van der Waals surface area contributed by atoms with Crippen molar-refractivity contribution in [3.05, 3.63) is 64.7 Å². The summed E-state index contributed by atoms with van der Waals surface area (Å²) in [6.07, 6.45) is 3.70. The minimum atomic E-state index is -0.488. The molecule has 2 N–H and O–H groups in total. The van der Waals surface area contributed by atoms with Crippen molar-refractivity contribution in [1.82, 2.24) is 10.9 Å². The Morgan fingerprint density at radius 2 is 1.89 bits per heavy atom. The summed E-state index contributed by atoms with van der Waals surface area (Å²) in [5.74, 6) is 0.0385. The molecule has 0 unspecified atom stereocenters. The van der Waals surface area contributed by atoms with Crippen molar-refractivity contribution in [3.63, 3.8) is 0 Å². The van der Waals surface area contributed by atoms with Gasteiger partial charge in [0.05, 0.1) is 13.7 Å². The van der Waals surface area contributed by atoms with Gasteiger partial charge in [0.25, 0.3) is 11.8 Å². The molecule has 27 heavy (non-hydrogen) atoms. The zero-order valence-electron chi connectivity index (χ0n) is 15.1. The van der Waals surface area contributed by atoms with Crippen molar-refractivity contribution in [2.45, 2.75) is 13.3 Å². The molecule has 0 aliphatic carbocycles. The fourth-order valence-corrected chi connectivity index (χ4v) is 2.35. The monoisotopic (exact) mass is 388 g/mol. The zero-order valence-corrected chi connectivity index (χ0v) is 15.9. The number of carbonyl (C=O) groups is 2. The maximum Gasteiger partial charge on any atom is 0.269 e. The summed E-state index contributed by atoms with van der Waals surface area (Å²) in [5, 5.41) is 0.531. The van der Waals surface area contributed by atoms with Crippen LogP contribution in [0.5, 0.6) is 11.5 Å². The van der Waals surface area contributed by atoms with Gasteiger partial charge < -0.3 is 9.47 Å². The summed E-state index contributed by atoms with van der Waals surface area (Å²) in [6, 6.07) is 11.9. The number of benzene rings is 2. The van der Waals surface area contributed by atoms with Gasteiger partial charge >= 0.3 is 0 Å². The highest BCUT2D eigenvalue weighted by Gasteiger charge is 2.11. The molecule has 0 saturated heterocycles. The molecule has 0 radical (unpaired) electrons. The number of hydrogen-bond donors (Lipinski definition) is 2. The van der Waals surface area contributed by atoms with Crippen LogP contribution in [-0.4, -0.2) is 25.5 Å². The minimum absolute atomic E-state index is 0.325. The summed E-state index contributed by atoms with van der Waals surface area (Å²) in [6.45, 7) is 2.55. The van der Waals surface area contributed by atoms with Crippen molar-refractivity contribution in [2.24, 2.45) is 0 Å². The molecule has 6 nitrogen and oxygen atoms in total. The molecule has 0 saturated carbocycles. The van der Waals surface area contributed by atoms with E-state index in [-0.39, 0.29) is 0 Å². The highest BCUT2D eigenvalue weighted by molar-refractivity contribution is 6.32. The first kappa shape index (κ1) is 20.3. The Morgan fingerprint density at radius 1 is 1.11 bits per heavy atom. The average molecular weight is 389 g/mol. The smallest absolute Gasteiger partial charge is 0.269 e. The number of ether oxygens (including phenoxy) is 2.